The second-order valence-corrected chi connectivity index (χ2v) is 3.65. The van der Waals surface area contributed by atoms with E-state index in [0.717, 1.165) is 5.75 Å². The van der Waals surface area contributed by atoms with E-state index in [-0.39, 0.29) is 18.2 Å². The predicted octanol–water partition coefficient (Wildman–Crippen LogP) is 2.43. The number of nitrogens with two attached hydrogens (primary N) is 1. The van der Waals surface area contributed by atoms with Crippen molar-refractivity contribution in [1.29, 1.82) is 5.41 Å². The third-order valence-electron chi connectivity index (χ3n) is 1.73. The maximum atomic E-state index is 7.27. The van der Waals surface area contributed by atoms with Gasteiger partial charge in [0.05, 0.1) is 6.61 Å². The number of hydrogen-bond acceptors (Lipinski definition) is 2. The van der Waals surface area contributed by atoms with Crippen LogP contribution in [0, 0.1) is 11.3 Å². The number of halogens is 1. The SMILES string of the molecule is CC(C)COc1cccc(C(=N)N)c1.Cl. The van der Waals surface area contributed by atoms with Gasteiger partial charge in [0, 0.05) is 5.56 Å². The van der Waals surface area contributed by atoms with Gasteiger partial charge in [-0.1, -0.05) is 26.0 Å². The molecule has 0 radical (unpaired) electrons. The highest BCUT2D eigenvalue weighted by Crippen LogP contribution is 2.13. The van der Waals surface area contributed by atoms with E-state index in [1.165, 1.54) is 0 Å². The molecular weight excluding hydrogens is 212 g/mol. The molecule has 0 aliphatic heterocycles. The van der Waals surface area contributed by atoms with Gasteiger partial charge < -0.3 is 10.5 Å². The zero-order valence-electron chi connectivity index (χ0n) is 8.99. The summed E-state index contributed by atoms with van der Waals surface area (Å²) >= 11 is 0. The van der Waals surface area contributed by atoms with Gasteiger partial charge >= 0.3 is 0 Å². The highest BCUT2D eigenvalue weighted by molar-refractivity contribution is 5.95. The lowest BCUT2D eigenvalue weighted by Crippen LogP contribution is -2.11. The topological polar surface area (TPSA) is 59.1 Å². The zero-order chi connectivity index (χ0) is 10.6. The molecule has 0 aromatic heterocycles. The molecule has 0 saturated heterocycles. The van der Waals surface area contributed by atoms with E-state index in [1.54, 1.807) is 12.1 Å². The maximum absolute atomic E-state index is 7.27. The Balaban J connectivity index is 0.00000196. The van der Waals surface area contributed by atoms with Gasteiger partial charge in [-0.15, -0.1) is 12.4 Å². The van der Waals surface area contributed by atoms with E-state index in [1.807, 2.05) is 12.1 Å². The molecule has 84 valence electrons. The minimum Gasteiger partial charge on any atom is -0.493 e. The Hall–Kier alpha value is -1.22. The number of benzene rings is 1. The second kappa shape index (κ2) is 6.30. The van der Waals surface area contributed by atoms with Crippen LogP contribution in [0.1, 0.15) is 19.4 Å². The van der Waals surface area contributed by atoms with Crippen LogP contribution in [0.2, 0.25) is 0 Å². The number of amidine groups is 1. The maximum Gasteiger partial charge on any atom is 0.122 e. The third-order valence-corrected chi connectivity index (χ3v) is 1.73. The Morgan fingerprint density at radius 2 is 2.13 bits per heavy atom. The molecule has 1 rings (SSSR count). The molecule has 15 heavy (non-hydrogen) atoms. The number of nitrogens with one attached hydrogen (secondary N) is 1. The predicted molar refractivity (Wildman–Crippen MR) is 65.0 cm³/mol. The van der Waals surface area contributed by atoms with Gasteiger partial charge in [0.1, 0.15) is 11.6 Å². The lowest BCUT2D eigenvalue weighted by Gasteiger charge is -2.09. The summed E-state index contributed by atoms with van der Waals surface area (Å²) in [5.74, 6) is 1.34. The van der Waals surface area contributed by atoms with Crippen molar-refractivity contribution in [3.8, 4) is 5.75 Å². The average molecular weight is 229 g/mol. The fourth-order valence-electron chi connectivity index (χ4n) is 1.02. The van der Waals surface area contributed by atoms with Crippen LogP contribution in [0.5, 0.6) is 5.75 Å². The standard InChI is InChI=1S/C11H16N2O.ClH/c1-8(2)7-14-10-5-3-4-9(6-10)11(12)13;/h3-6,8H,7H2,1-2H3,(H3,12,13);1H. The summed E-state index contributed by atoms with van der Waals surface area (Å²) in [6.45, 7) is 4.87. The summed E-state index contributed by atoms with van der Waals surface area (Å²) in [5.41, 5.74) is 6.07. The molecule has 0 fully saturated rings. The average Bonchev–Trinajstić information content (AvgIpc) is 2.15. The molecule has 4 heteroatoms. The Morgan fingerprint density at radius 1 is 1.47 bits per heavy atom. The molecule has 0 unspecified atom stereocenters. The highest BCUT2D eigenvalue weighted by Gasteiger charge is 2.00. The van der Waals surface area contributed by atoms with Crippen molar-refractivity contribution < 1.29 is 4.74 Å². The smallest absolute Gasteiger partial charge is 0.122 e. The largest absolute Gasteiger partial charge is 0.493 e. The quantitative estimate of drug-likeness (QED) is 0.614. The van der Waals surface area contributed by atoms with Crippen molar-refractivity contribution in [3.63, 3.8) is 0 Å². The molecule has 3 N–H and O–H groups in total. The number of hydrogen-bond donors (Lipinski definition) is 2. The Morgan fingerprint density at radius 3 is 2.67 bits per heavy atom. The van der Waals surface area contributed by atoms with Crippen molar-refractivity contribution >= 4 is 18.2 Å². The van der Waals surface area contributed by atoms with Gasteiger partial charge in [0.2, 0.25) is 0 Å². The molecular formula is C11H17ClN2O. The van der Waals surface area contributed by atoms with Crippen LogP contribution in [0.25, 0.3) is 0 Å². The number of rotatable bonds is 4. The number of nitrogen functional groups attached to an aromatic ring is 1. The van der Waals surface area contributed by atoms with Gasteiger partial charge in [-0.2, -0.15) is 0 Å². The minimum absolute atomic E-state index is 0. The fraction of sp³-hybridized carbons (Fsp3) is 0.364. The normalized spacial score (nSPS) is 9.53. The minimum atomic E-state index is 0. The molecule has 3 nitrogen and oxygen atoms in total. The van der Waals surface area contributed by atoms with E-state index in [4.69, 9.17) is 15.9 Å². The van der Waals surface area contributed by atoms with Gasteiger partial charge in [-0.3, -0.25) is 5.41 Å². The highest BCUT2D eigenvalue weighted by atomic mass is 35.5. The zero-order valence-corrected chi connectivity index (χ0v) is 9.80. The molecule has 0 heterocycles. The monoisotopic (exact) mass is 228 g/mol. The first-order valence-corrected chi connectivity index (χ1v) is 4.67. The van der Waals surface area contributed by atoms with Crippen LogP contribution in [-0.4, -0.2) is 12.4 Å². The number of ether oxygens (including phenoxy) is 1. The molecule has 0 saturated carbocycles. The third kappa shape index (κ3) is 4.70. The van der Waals surface area contributed by atoms with Crippen LogP contribution < -0.4 is 10.5 Å². The molecule has 0 aliphatic carbocycles. The van der Waals surface area contributed by atoms with Gasteiger partial charge in [0.15, 0.2) is 0 Å². The fourth-order valence-corrected chi connectivity index (χ4v) is 1.02. The summed E-state index contributed by atoms with van der Waals surface area (Å²) in [6.07, 6.45) is 0. The van der Waals surface area contributed by atoms with Crippen molar-refractivity contribution in [1.82, 2.24) is 0 Å². The van der Waals surface area contributed by atoms with E-state index < -0.39 is 0 Å². The van der Waals surface area contributed by atoms with Crippen LogP contribution >= 0.6 is 12.4 Å². The van der Waals surface area contributed by atoms with E-state index >= 15 is 0 Å². The first-order valence-electron chi connectivity index (χ1n) is 4.67. The van der Waals surface area contributed by atoms with Crippen LogP contribution in [0.4, 0.5) is 0 Å². The van der Waals surface area contributed by atoms with E-state index in [0.29, 0.717) is 18.1 Å². The van der Waals surface area contributed by atoms with Crippen LogP contribution in [-0.2, 0) is 0 Å². The first-order chi connectivity index (χ1) is 6.59. The van der Waals surface area contributed by atoms with Crippen molar-refractivity contribution in [2.45, 2.75) is 13.8 Å². The second-order valence-electron chi connectivity index (χ2n) is 3.65. The van der Waals surface area contributed by atoms with Gasteiger partial charge in [0.25, 0.3) is 0 Å². The van der Waals surface area contributed by atoms with Gasteiger partial charge in [-0.25, -0.2) is 0 Å². The van der Waals surface area contributed by atoms with Crippen molar-refractivity contribution in [3.05, 3.63) is 29.8 Å². The molecule has 0 aliphatic rings. The summed E-state index contributed by atoms with van der Waals surface area (Å²) < 4.78 is 5.51. The van der Waals surface area contributed by atoms with E-state index in [9.17, 15) is 0 Å². The summed E-state index contributed by atoms with van der Waals surface area (Å²) in [4.78, 5) is 0. The van der Waals surface area contributed by atoms with Crippen LogP contribution in [0.15, 0.2) is 24.3 Å². The van der Waals surface area contributed by atoms with Crippen LogP contribution in [0.3, 0.4) is 0 Å². The molecule has 1 aromatic carbocycles. The summed E-state index contributed by atoms with van der Waals surface area (Å²) in [7, 11) is 0. The molecule has 0 atom stereocenters. The molecule has 0 amide bonds. The molecule has 0 bridgehead atoms. The van der Waals surface area contributed by atoms with E-state index in [2.05, 4.69) is 13.8 Å². The first kappa shape index (κ1) is 13.8. The Bertz CT molecular complexity index is 326. The molecule has 1 aromatic rings. The van der Waals surface area contributed by atoms with Crippen molar-refractivity contribution in [2.24, 2.45) is 11.7 Å². The Labute approximate surface area is 96.5 Å². The lowest BCUT2D eigenvalue weighted by atomic mass is 10.2. The van der Waals surface area contributed by atoms with Crippen molar-refractivity contribution in [2.75, 3.05) is 6.61 Å². The molecule has 0 spiro atoms. The van der Waals surface area contributed by atoms with Gasteiger partial charge in [-0.05, 0) is 18.1 Å². The Kier molecular flexibility index (Phi) is 5.79. The summed E-state index contributed by atoms with van der Waals surface area (Å²) in [5, 5.41) is 7.27. The lowest BCUT2D eigenvalue weighted by molar-refractivity contribution is 0.271. The summed E-state index contributed by atoms with van der Waals surface area (Å²) in [6, 6.07) is 7.29.